The number of ether oxygens (including phenoxy) is 1. The topological polar surface area (TPSA) is 99.3 Å². The van der Waals surface area contributed by atoms with Crippen LogP contribution in [0.15, 0.2) is 35.3 Å². The van der Waals surface area contributed by atoms with Gasteiger partial charge in [-0.05, 0) is 69.2 Å². The lowest BCUT2D eigenvalue weighted by Crippen LogP contribution is -2.46. The number of nitrogens with zero attached hydrogens (tertiary/aromatic N) is 5. The number of nitrogens with one attached hydrogen (secondary N) is 2. The highest BCUT2D eigenvalue weighted by Gasteiger charge is 2.44. The van der Waals surface area contributed by atoms with Crippen LogP contribution in [0.2, 0.25) is 0 Å². The summed E-state index contributed by atoms with van der Waals surface area (Å²) in [6, 6.07) is 8.40. The Morgan fingerprint density at radius 1 is 1.00 bits per heavy atom. The maximum Gasteiger partial charge on any atom is 0.277 e. The predicted octanol–water partition coefficient (Wildman–Crippen LogP) is 3.45. The van der Waals surface area contributed by atoms with Gasteiger partial charge >= 0.3 is 0 Å². The molecular weight excluding hydrogens is 430 g/mol. The zero-order valence-electron chi connectivity index (χ0n) is 19.8. The number of anilines is 4. The molecule has 9 heteroatoms. The average Bonchev–Trinajstić information content (AvgIpc) is 3.58. The third-order valence-corrected chi connectivity index (χ3v) is 7.48. The molecule has 2 aromatic heterocycles. The molecule has 2 unspecified atom stereocenters. The molecule has 3 aliphatic rings. The van der Waals surface area contributed by atoms with E-state index in [0.717, 1.165) is 18.8 Å². The summed E-state index contributed by atoms with van der Waals surface area (Å²) in [5.74, 6) is 1.06. The Morgan fingerprint density at radius 2 is 1.71 bits per heavy atom. The lowest BCUT2D eigenvalue weighted by molar-refractivity contribution is -0.00569. The lowest BCUT2D eigenvalue weighted by atomic mass is 9.93. The van der Waals surface area contributed by atoms with Gasteiger partial charge in [0.05, 0.1) is 18.4 Å². The van der Waals surface area contributed by atoms with E-state index >= 15 is 0 Å². The molecule has 2 N–H and O–H groups in total. The van der Waals surface area contributed by atoms with Crippen LogP contribution in [0.3, 0.4) is 0 Å². The number of hydrogen-bond donors (Lipinski definition) is 2. The zero-order valence-corrected chi connectivity index (χ0v) is 19.8. The summed E-state index contributed by atoms with van der Waals surface area (Å²) in [5.41, 5.74) is 3.00. The van der Waals surface area contributed by atoms with Gasteiger partial charge in [0.15, 0.2) is 0 Å². The van der Waals surface area contributed by atoms with Crippen molar-refractivity contribution in [3.05, 3.63) is 40.8 Å². The first-order valence-electron chi connectivity index (χ1n) is 12.3. The first kappa shape index (κ1) is 21.3. The van der Waals surface area contributed by atoms with Crippen molar-refractivity contribution in [3.8, 4) is 0 Å². The van der Waals surface area contributed by atoms with Gasteiger partial charge in [0, 0.05) is 37.6 Å². The summed E-state index contributed by atoms with van der Waals surface area (Å²) >= 11 is 0. The zero-order chi connectivity index (χ0) is 23.3. The maximum absolute atomic E-state index is 12.6. The molecule has 0 radical (unpaired) electrons. The molecular formula is C25H31N7O2. The first-order chi connectivity index (χ1) is 16.5. The summed E-state index contributed by atoms with van der Waals surface area (Å²) in [5, 5.41) is 10.2. The van der Waals surface area contributed by atoms with E-state index in [1.807, 2.05) is 13.8 Å². The smallest absolute Gasteiger partial charge is 0.277 e. The number of morpholine rings is 1. The van der Waals surface area contributed by atoms with E-state index in [9.17, 15) is 4.79 Å². The SMILES string of the molecule is CC1CN(c2nc(Nc3ccc(N4CCC5(CC4)CC5)cc3)c3c(=O)[nH]ncc3n2)CC(C)O1. The second-order valence-electron chi connectivity index (χ2n) is 10.2. The van der Waals surface area contributed by atoms with Crippen LogP contribution in [-0.2, 0) is 4.74 Å². The molecule has 2 saturated heterocycles. The predicted molar refractivity (Wildman–Crippen MR) is 133 cm³/mol. The van der Waals surface area contributed by atoms with E-state index in [2.05, 4.69) is 54.6 Å². The molecule has 0 bridgehead atoms. The van der Waals surface area contributed by atoms with Gasteiger partial charge in [0.2, 0.25) is 5.95 Å². The Bertz CT molecular complexity index is 1230. The van der Waals surface area contributed by atoms with Crippen molar-refractivity contribution in [2.24, 2.45) is 5.41 Å². The maximum atomic E-state index is 12.6. The molecule has 9 nitrogen and oxygen atoms in total. The van der Waals surface area contributed by atoms with E-state index in [4.69, 9.17) is 9.72 Å². The standard InChI is InChI=1S/C25H31N7O2/c1-16-14-32(15-17(2)34-16)24-28-20-13-26-30-23(33)21(20)22(29-24)27-18-3-5-19(6-4-18)31-11-9-25(7-8-25)10-12-31/h3-6,13,16-17H,7-12,14-15H2,1-2H3,(H,30,33)(H,27,28,29). The Hall–Kier alpha value is -3.20. The van der Waals surface area contributed by atoms with Crippen LogP contribution in [-0.4, -0.2) is 58.6 Å². The minimum Gasteiger partial charge on any atom is -0.372 e. The number of aromatic amines is 1. The van der Waals surface area contributed by atoms with Gasteiger partial charge in [-0.25, -0.2) is 10.1 Å². The summed E-state index contributed by atoms with van der Waals surface area (Å²) < 4.78 is 5.86. The van der Waals surface area contributed by atoms with Crippen molar-refractivity contribution in [2.75, 3.05) is 41.3 Å². The average molecular weight is 462 g/mol. The third-order valence-electron chi connectivity index (χ3n) is 7.48. The Morgan fingerprint density at radius 3 is 2.38 bits per heavy atom. The summed E-state index contributed by atoms with van der Waals surface area (Å²) in [7, 11) is 0. The molecule has 3 fully saturated rings. The second kappa shape index (κ2) is 8.23. The molecule has 6 rings (SSSR count). The number of H-pyrrole nitrogens is 1. The van der Waals surface area contributed by atoms with Gasteiger partial charge in [-0.3, -0.25) is 4.79 Å². The van der Waals surface area contributed by atoms with E-state index in [1.54, 1.807) is 6.20 Å². The minimum atomic E-state index is -0.311. The fourth-order valence-corrected chi connectivity index (χ4v) is 5.37. The molecule has 1 saturated carbocycles. The molecule has 2 atom stereocenters. The van der Waals surface area contributed by atoms with Gasteiger partial charge in [-0.2, -0.15) is 10.1 Å². The van der Waals surface area contributed by atoms with Crippen LogP contribution in [0.5, 0.6) is 0 Å². The van der Waals surface area contributed by atoms with Crippen molar-refractivity contribution < 1.29 is 4.74 Å². The monoisotopic (exact) mass is 461 g/mol. The third kappa shape index (κ3) is 4.09. The largest absolute Gasteiger partial charge is 0.372 e. The Balaban J connectivity index is 1.28. The number of aromatic nitrogens is 4. The quantitative estimate of drug-likeness (QED) is 0.610. The van der Waals surface area contributed by atoms with E-state index in [-0.39, 0.29) is 17.8 Å². The van der Waals surface area contributed by atoms with Gasteiger partial charge < -0.3 is 19.9 Å². The van der Waals surface area contributed by atoms with Gasteiger partial charge in [0.1, 0.15) is 16.7 Å². The van der Waals surface area contributed by atoms with Crippen LogP contribution in [0.1, 0.15) is 39.5 Å². The number of fused-ring (bicyclic) bond motifs is 1. The van der Waals surface area contributed by atoms with Crippen LogP contribution in [0.4, 0.5) is 23.1 Å². The molecule has 1 aromatic carbocycles. The van der Waals surface area contributed by atoms with Crippen LogP contribution in [0, 0.1) is 5.41 Å². The fourth-order valence-electron chi connectivity index (χ4n) is 5.37. The highest BCUT2D eigenvalue weighted by molar-refractivity contribution is 5.90. The molecule has 2 aliphatic heterocycles. The number of piperidine rings is 1. The van der Waals surface area contributed by atoms with E-state index < -0.39 is 0 Å². The Labute approximate surface area is 198 Å². The van der Waals surface area contributed by atoms with Crippen molar-refractivity contribution in [1.82, 2.24) is 20.2 Å². The number of hydrogen-bond acceptors (Lipinski definition) is 8. The van der Waals surface area contributed by atoms with Crippen molar-refractivity contribution >= 4 is 34.0 Å². The van der Waals surface area contributed by atoms with Crippen LogP contribution < -0.4 is 20.7 Å². The fraction of sp³-hybridized carbons (Fsp3) is 0.520. The highest BCUT2D eigenvalue weighted by Crippen LogP contribution is 2.53. The summed E-state index contributed by atoms with van der Waals surface area (Å²) in [4.78, 5) is 26.6. The van der Waals surface area contributed by atoms with Crippen molar-refractivity contribution in [3.63, 3.8) is 0 Å². The van der Waals surface area contributed by atoms with E-state index in [1.165, 1.54) is 31.4 Å². The number of benzene rings is 1. The first-order valence-corrected chi connectivity index (χ1v) is 12.3. The molecule has 0 amide bonds. The van der Waals surface area contributed by atoms with Crippen molar-refractivity contribution in [2.45, 2.75) is 51.7 Å². The summed E-state index contributed by atoms with van der Waals surface area (Å²) in [6.07, 6.45) is 7.16. The van der Waals surface area contributed by atoms with Gasteiger partial charge in [-0.15, -0.1) is 0 Å². The molecule has 1 aliphatic carbocycles. The second-order valence-corrected chi connectivity index (χ2v) is 10.2. The molecule has 178 valence electrons. The highest BCUT2D eigenvalue weighted by atomic mass is 16.5. The molecule has 34 heavy (non-hydrogen) atoms. The van der Waals surface area contributed by atoms with Crippen molar-refractivity contribution in [1.29, 1.82) is 0 Å². The lowest BCUT2D eigenvalue weighted by Gasteiger charge is -2.35. The molecule has 4 heterocycles. The Kier molecular flexibility index (Phi) is 5.17. The van der Waals surface area contributed by atoms with Crippen LogP contribution in [0.25, 0.3) is 10.9 Å². The summed E-state index contributed by atoms with van der Waals surface area (Å²) in [6.45, 7) is 7.74. The van der Waals surface area contributed by atoms with Gasteiger partial charge in [-0.1, -0.05) is 0 Å². The van der Waals surface area contributed by atoms with E-state index in [0.29, 0.717) is 41.2 Å². The molecule has 3 aromatic rings. The van der Waals surface area contributed by atoms with Crippen LogP contribution >= 0.6 is 0 Å². The number of rotatable bonds is 4. The minimum absolute atomic E-state index is 0.0777. The molecule has 1 spiro atoms. The normalized spacial score (nSPS) is 23.9. The van der Waals surface area contributed by atoms with Gasteiger partial charge in [0.25, 0.3) is 5.56 Å².